The van der Waals surface area contributed by atoms with E-state index in [0.717, 1.165) is 19.3 Å². The van der Waals surface area contributed by atoms with Gasteiger partial charge in [-0.3, -0.25) is 4.79 Å². The van der Waals surface area contributed by atoms with Crippen molar-refractivity contribution in [3.63, 3.8) is 0 Å². The van der Waals surface area contributed by atoms with E-state index in [1.54, 1.807) is 6.92 Å². The van der Waals surface area contributed by atoms with E-state index in [2.05, 4.69) is 11.8 Å². The van der Waals surface area contributed by atoms with E-state index in [4.69, 9.17) is 7.98 Å². The van der Waals surface area contributed by atoms with E-state index in [9.17, 15) is 4.79 Å². The van der Waals surface area contributed by atoms with Crippen LogP contribution in [0.5, 0.6) is 0 Å². The number of allylic oxidation sites excluding steroid dienone is 1. The zero-order chi connectivity index (χ0) is 9.61. The highest BCUT2D eigenvalue weighted by atomic mass is 16.1. The highest BCUT2D eigenvalue weighted by Crippen LogP contribution is 2.14. The molecule has 0 heterocycles. The second-order valence-corrected chi connectivity index (χ2v) is 3.21. The molecule has 0 aromatic heterocycles. The van der Waals surface area contributed by atoms with Gasteiger partial charge in [-0.1, -0.05) is 6.08 Å². The quantitative estimate of drug-likeness (QED) is 0.365. The lowest BCUT2D eigenvalue weighted by Gasteiger charge is -2.26. The van der Waals surface area contributed by atoms with Crippen molar-refractivity contribution in [3.05, 3.63) is 12.7 Å². The van der Waals surface area contributed by atoms with Crippen LogP contribution >= 0.6 is 0 Å². The van der Waals surface area contributed by atoms with Crippen molar-refractivity contribution in [1.82, 2.24) is 5.23 Å². The number of ketones is 1. The molecule has 0 saturated heterocycles. The molecule has 0 fully saturated rings. The number of Topliss-reactive ketones (excluding diaryl/α,β-unsaturated/α-hetero) is 1. The normalized spacial score (nSPS) is 15.2. The fourth-order valence-corrected chi connectivity index (χ4v) is 0.950. The molecule has 0 rings (SSSR count). The van der Waals surface area contributed by atoms with Crippen LogP contribution in [0.15, 0.2) is 12.7 Å². The van der Waals surface area contributed by atoms with Crippen LogP contribution in [0.4, 0.5) is 0 Å². The summed E-state index contributed by atoms with van der Waals surface area (Å²) in [5.41, 5.74) is -0.566. The predicted molar refractivity (Wildman–Crippen MR) is 52.0 cm³/mol. The Labute approximate surface area is 75.9 Å². The van der Waals surface area contributed by atoms with Crippen LogP contribution in [0.25, 0.3) is 0 Å². The fraction of sp³-hybridized carbons (Fsp3) is 0.667. The molecule has 12 heavy (non-hydrogen) atoms. The van der Waals surface area contributed by atoms with Crippen LogP contribution < -0.4 is 5.23 Å². The summed E-state index contributed by atoms with van der Waals surface area (Å²) in [5, 5.41) is 2.55. The molecule has 3 heteroatoms. The first-order chi connectivity index (χ1) is 5.56. The molecule has 2 nitrogen and oxygen atoms in total. The van der Waals surface area contributed by atoms with Crippen LogP contribution in [0.3, 0.4) is 0 Å². The van der Waals surface area contributed by atoms with Gasteiger partial charge in [0.05, 0.1) is 5.54 Å². The molecule has 0 spiro atoms. The molecule has 0 aliphatic rings. The van der Waals surface area contributed by atoms with E-state index < -0.39 is 5.54 Å². The van der Waals surface area contributed by atoms with E-state index in [1.807, 2.05) is 13.0 Å². The molecule has 66 valence electrons. The molecule has 1 unspecified atom stereocenters. The minimum Gasteiger partial charge on any atom is -0.355 e. The summed E-state index contributed by atoms with van der Waals surface area (Å²) in [6.45, 7) is 6.98. The van der Waals surface area contributed by atoms with Crippen molar-refractivity contribution >= 4 is 13.8 Å². The summed E-state index contributed by atoms with van der Waals surface area (Å²) in [6.07, 6.45) is 4.45. The molecule has 0 amide bonds. The molecular weight excluding hydrogens is 149 g/mol. The van der Waals surface area contributed by atoms with Crippen molar-refractivity contribution in [2.75, 3.05) is 0 Å². The van der Waals surface area contributed by atoms with Gasteiger partial charge >= 0.3 is 0 Å². The minimum atomic E-state index is -0.566. The van der Waals surface area contributed by atoms with Crippen LogP contribution in [0, 0.1) is 0 Å². The number of carbonyl (C=O) groups is 1. The maximum absolute atomic E-state index is 11.1. The van der Waals surface area contributed by atoms with E-state index in [0.29, 0.717) is 0 Å². The smallest absolute Gasteiger partial charge is 0.179 e. The summed E-state index contributed by atoms with van der Waals surface area (Å²) < 4.78 is 0. The summed E-state index contributed by atoms with van der Waals surface area (Å²) in [6, 6.07) is 0. The summed E-state index contributed by atoms with van der Waals surface area (Å²) in [4.78, 5) is 11.1. The zero-order valence-corrected chi connectivity index (χ0v) is 7.89. The van der Waals surface area contributed by atoms with Gasteiger partial charge in [0.25, 0.3) is 0 Å². The Morgan fingerprint density at radius 3 is 2.67 bits per heavy atom. The first-order valence-electron chi connectivity index (χ1n) is 4.16. The second kappa shape index (κ2) is 5.15. The number of hydrogen-bond donors (Lipinski definition) is 1. The van der Waals surface area contributed by atoms with Crippen molar-refractivity contribution in [3.8, 4) is 0 Å². The highest BCUT2D eigenvalue weighted by Gasteiger charge is 2.25. The van der Waals surface area contributed by atoms with Gasteiger partial charge < -0.3 is 5.23 Å². The predicted octanol–water partition coefficient (Wildman–Crippen LogP) is 1.36. The Hall–Kier alpha value is -0.565. The molecule has 1 atom stereocenters. The lowest BCUT2D eigenvalue weighted by Crippen LogP contribution is -2.47. The van der Waals surface area contributed by atoms with Gasteiger partial charge in [-0.05, 0) is 33.1 Å². The molecule has 0 saturated carbocycles. The second-order valence-electron chi connectivity index (χ2n) is 3.21. The average molecular weight is 165 g/mol. The lowest BCUT2D eigenvalue weighted by molar-refractivity contribution is -0.122. The van der Waals surface area contributed by atoms with Gasteiger partial charge in [0.2, 0.25) is 0 Å². The molecule has 0 aromatic carbocycles. The third-order valence-corrected chi connectivity index (χ3v) is 2.18. The van der Waals surface area contributed by atoms with Gasteiger partial charge in [0, 0.05) is 0 Å². The Morgan fingerprint density at radius 2 is 2.33 bits per heavy atom. The zero-order valence-electron chi connectivity index (χ0n) is 7.89. The highest BCUT2D eigenvalue weighted by molar-refractivity contribution is 6.07. The van der Waals surface area contributed by atoms with Crippen LogP contribution in [0.1, 0.15) is 33.1 Å². The van der Waals surface area contributed by atoms with Gasteiger partial charge in [-0.25, -0.2) is 0 Å². The Kier molecular flexibility index (Phi) is 4.90. The number of rotatable bonds is 6. The maximum Gasteiger partial charge on any atom is 0.179 e. The largest absolute Gasteiger partial charge is 0.355 e. The lowest BCUT2D eigenvalue weighted by atomic mass is 9.89. The standard InChI is InChI=1S/C9H16BNO/c1-4-5-6-7-9(3,11-10)8(2)12/h4,11H,1,5-7H2,2-3H3. The van der Waals surface area contributed by atoms with E-state index in [-0.39, 0.29) is 5.78 Å². The van der Waals surface area contributed by atoms with Gasteiger partial charge in [0.15, 0.2) is 7.98 Å². The summed E-state index contributed by atoms with van der Waals surface area (Å²) >= 11 is 0. The van der Waals surface area contributed by atoms with E-state index >= 15 is 0 Å². The number of nitrogens with one attached hydrogen (secondary N) is 1. The minimum absolute atomic E-state index is 0.0778. The van der Waals surface area contributed by atoms with Crippen molar-refractivity contribution in [2.45, 2.75) is 38.6 Å². The topological polar surface area (TPSA) is 29.1 Å². The third kappa shape index (κ3) is 3.22. The monoisotopic (exact) mass is 165 g/mol. The molecule has 1 N–H and O–H groups in total. The molecule has 0 bridgehead atoms. The Bertz CT molecular complexity index is 170. The van der Waals surface area contributed by atoms with Crippen molar-refractivity contribution < 1.29 is 4.79 Å². The van der Waals surface area contributed by atoms with Gasteiger partial charge in [-0.15, -0.1) is 6.58 Å². The molecular formula is C9H16BNO. The SMILES string of the molecule is [B]NC(C)(CCCC=C)C(C)=O. The Balaban J connectivity index is 3.96. The third-order valence-electron chi connectivity index (χ3n) is 2.18. The Morgan fingerprint density at radius 1 is 1.75 bits per heavy atom. The fourth-order valence-electron chi connectivity index (χ4n) is 0.950. The van der Waals surface area contributed by atoms with Crippen LogP contribution in [-0.2, 0) is 4.79 Å². The first-order valence-corrected chi connectivity index (χ1v) is 4.16. The number of carbonyl (C=O) groups excluding carboxylic acids is 1. The summed E-state index contributed by atoms with van der Waals surface area (Å²) in [7, 11) is 5.29. The van der Waals surface area contributed by atoms with Gasteiger partial charge in [-0.2, -0.15) is 0 Å². The summed E-state index contributed by atoms with van der Waals surface area (Å²) in [5.74, 6) is 0.0778. The molecule has 0 aliphatic carbocycles. The molecule has 0 aliphatic heterocycles. The average Bonchev–Trinajstić information content (AvgIpc) is 2.04. The van der Waals surface area contributed by atoms with Crippen molar-refractivity contribution in [1.29, 1.82) is 0 Å². The number of hydrogen-bond acceptors (Lipinski definition) is 2. The number of unbranched alkanes of at least 4 members (excludes halogenated alkanes) is 1. The molecule has 0 aromatic rings. The van der Waals surface area contributed by atoms with Crippen LogP contribution in [-0.4, -0.2) is 19.3 Å². The molecule has 2 radical (unpaired) electrons. The van der Waals surface area contributed by atoms with Crippen LogP contribution in [0.2, 0.25) is 0 Å². The maximum atomic E-state index is 11.1. The first kappa shape index (κ1) is 11.4. The van der Waals surface area contributed by atoms with Crippen molar-refractivity contribution in [2.24, 2.45) is 0 Å². The van der Waals surface area contributed by atoms with E-state index in [1.165, 1.54) is 0 Å². The van der Waals surface area contributed by atoms with Gasteiger partial charge in [0.1, 0.15) is 5.78 Å².